The van der Waals surface area contributed by atoms with Gasteiger partial charge in [0.05, 0.1) is 7.11 Å². The number of likely N-dealkylation sites (tertiary alicyclic amines) is 1. The normalized spacial score (nSPS) is 17.7. The molecule has 0 saturated carbocycles. The van der Waals surface area contributed by atoms with Crippen molar-refractivity contribution in [2.75, 3.05) is 32.1 Å². The van der Waals surface area contributed by atoms with Crippen LogP contribution in [0.5, 0.6) is 5.75 Å². The summed E-state index contributed by atoms with van der Waals surface area (Å²) in [5.74, 6) is 1.49. The largest absolute Gasteiger partial charge is 0.496 e. The first-order chi connectivity index (χ1) is 12.8. The highest BCUT2D eigenvalue weighted by molar-refractivity contribution is 5.98. The van der Waals surface area contributed by atoms with E-state index in [1.165, 1.54) is 25.7 Å². The Morgan fingerprint density at radius 3 is 3.04 bits per heavy atom. The van der Waals surface area contributed by atoms with Crippen molar-refractivity contribution in [3.8, 4) is 17.0 Å². The van der Waals surface area contributed by atoms with Crippen LogP contribution in [0.15, 0.2) is 35.1 Å². The summed E-state index contributed by atoms with van der Waals surface area (Å²) >= 11 is 0. The third kappa shape index (κ3) is 2.99. The lowest BCUT2D eigenvalue weighted by atomic mass is 10.1. The number of aromatic nitrogens is 3. The van der Waals surface area contributed by atoms with Crippen LogP contribution >= 0.6 is 0 Å². The first-order valence-electron chi connectivity index (χ1n) is 9.03. The summed E-state index contributed by atoms with van der Waals surface area (Å²) in [4.78, 5) is 11.2. The Kier molecular flexibility index (Phi) is 4.71. The summed E-state index contributed by atoms with van der Waals surface area (Å²) in [7, 11) is 1.65. The van der Waals surface area contributed by atoms with Crippen molar-refractivity contribution in [1.82, 2.24) is 20.0 Å². The Morgan fingerprint density at radius 2 is 2.19 bits per heavy atom. The van der Waals surface area contributed by atoms with E-state index in [4.69, 9.17) is 9.26 Å². The molecule has 1 fully saturated rings. The second kappa shape index (κ2) is 7.29. The predicted octanol–water partition coefficient (Wildman–Crippen LogP) is 3.19. The average Bonchev–Trinajstić information content (AvgIpc) is 3.33. The van der Waals surface area contributed by atoms with Gasteiger partial charge in [-0.1, -0.05) is 24.2 Å². The molecule has 26 heavy (non-hydrogen) atoms. The van der Waals surface area contributed by atoms with Crippen LogP contribution in [-0.4, -0.2) is 52.8 Å². The highest BCUT2D eigenvalue weighted by atomic mass is 16.5. The average molecular weight is 353 g/mol. The quantitative estimate of drug-likeness (QED) is 0.729. The van der Waals surface area contributed by atoms with Gasteiger partial charge in [-0.2, -0.15) is 4.98 Å². The number of likely N-dealkylation sites (N-methyl/N-ethyl adjacent to an activating group) is 1. The molecule has 136 valence electrons. The Balaban J connectivity index is 1.69. The van der Waals surface area contributed by atoms with Crippen LogP contribution < -0.4 is 10.1 Å². The molecular formula is C19H23N5O2. The van der Waals surface area contributed by atoms with E-state index < -0.39 is 0 Å². The van der Waals surface area contributed by atoms with Gasteiger partial charge < -0.3 is 14.6 Å². The highest BCUT2D eigenvalue weighted by Crippen LogP contribution is 2.36. The van der Waals surface area contributed by atoms with Gasteiger partial charge in [-0.25, -0.2) is 4.98 Å². The third-order valence-electron chi connectivity index (χ3n) is 5.05. The lowest BCUT2D eigenvalue weighted by molar-refractivity contribution is 0.277. The number of hydrogen-bond donors (Lipinski definition) is 1. The Labute approximate surface area is 152 Å². The molecule has 1 aliphatic heterocycles. The smallest absolute Gasteiger partial charge is 0.263 e. The van der Waals surface area contributed by atoms with Gasteiger partial charge in [-0.15, -0.1) is 0 Å². The fourth-order valence-corrected chi connectivity index (χ4v) is 3.70. The molecule has 0 bridgehead atoms. The summed E-state index contributed by atoms with van der Waals surface area (Å²) in [5.41, 5.74) is 2.03. The third-order valence-corrected chi connectivity index (χ3v) is 5.05. The number of para-hydroxylation sites is 1. The monoisotopic (exact) mass is 353 g/mol. The summed E-state index contributed by atoms with van der Waals surface area (Å²) in [6, 6.07) is 8.28. The lowest BCUT2D eigenvalue weighted by Crippen LogP contribution is -2.34. The van der Waals surface area contributed by atoms with E-state index in [1.54, 1.807) is 7.11 Å². The van der Waals surface area contributed by atoms with E-state index in [-0.39, 0.29) is 0 Å². The molecule has 1 aromatic carbocycles. The number of methoxy groups -OCH3 is 1. The van der Waals surface area contributed by atoms with Gasteiger partial charge in [0.25, 0.3) is 5.71 Å². The topological polar surface area (TPSA) is 76.3 Å². The van der Waals surface area contributed by atoms with Gasteiger partial charge in [0.15, 0.2) is 0 Å². The highest BCUT2D eigenvalue weighted by Gasteiger charge is 2.24. The van der Waals surface area contributed by atoms with Crippen LogP contribution in [0.2, 0.25) is 0 Å². The van der Waals surface area contributed by atoms with E-state index in [0.717, 1.165) is 35.6 Å². The maximum atomic E-state index is 5.48. The molecule has 0 radical (unpaired) electrons. The number of nitrogens with one attached hydrogen (secondary N) is 1. The van der Waals surface area contributed by atoms with E-state index in [2.05, 4.69) is 32.3 Å². The van der Waals surface area contributed by atoms with Crippen molar-refractivity contribution >= 4 is 16.9 Å². The molecular weight excluding hydrogens is 330 g/mol. The van der Waals surface area contributed by atoms with Crippen molar-refractivity contribution in [3.63, 3.8) is 0 Å². The van der Waals surface area contributed by atoms with Gasteiger partial charge >= 0.3 is 0 Å². The molecule has 0 spiro atoms. The van der Waals surface area contributed by atoms with Crippen LogP contribution in [0.3, 0.4) is 0 Å². The zero-order chi connectivity index (χ0) is 17.9. The van der Waals surface area contributed by atoms with Crippen LogP contribution in [0, 0.1) is 0 Å². The summed E-state index contributed by atoms with van der Waals surface area (Å²) in [5, 5.41) is 8.52. The van der Waals surface area contributed by atoms with E-state index in [9.17, 15) is 0 Å². The molecule has 3 aromatic rings. The molecule has 3 heterocycles. The minimum Gasteiger partial charge on any atom is -0.496 e. The van der Waals surface area contributed by atoms with Gasteiger partial charge in [-0.05, 0) is 38.1 Å². The van der Waals surface area contributed by atoms with Crippen LogP contribution in [0.25, 0.3) is 22.4 Å². The van der Waals surface area contributed by atoms with Crippen molar-refractivity contribution in [2.45, 2.75) is 25.8 Å². The zero-order valence-corrected chi connectivity index (χ0v) is 15.1. The molecule has 1 aliphatic rings. The molecule has 1 N–H and O–H groups in total. The summed E-state index contributed by atoms with van der Waals surface area (Å²) in [6.45, 7) is 5.30. The minimum atomic E-state index is 0.474. The Morgan fingerprint density at radius 1 is 1.31 bits per heavy atom. The number of ether oxygens (including phenoxy) is 1. The number of fused-ring (bicyclic) bond motifs is 1. The maximum absolute atomic E-state index is 5.48. The molecule has 1 atom stereocenters. The van der Waals surface area contributed by atoms with Gasteiger partial charge in [0.1, 0.15) is 29.0 Å². The minimum absolute atomic E-state index is 0.474. The van der Waals surface area contributed by atoms with E-state index in [0.29, 0.717) is 17.4 Å². The SMILES string of the molecule is CCN1CCC[C@H]1CNc1ncnc2onc(-c3ccccc3OC)c12. The van der Waals surface area contributed by atoms with Crippen molar-refractivity contribution in [1.29, 1.82) is 0 Å². The van der Waals surface area contributed by atoms with Crippen molar-refractivity contribution < 1.29 is 9.26 Å². The van der Waals surface area contributed by atoms with Crippen LogP contribution in [0.1, 0.15) is 19.8 Å². The first kappa shape index (κ1) is 16.8. The van der Waals surface area contributed by atoms with Crippen molar-refractivity contribution in [2.24, 2.45) is 0 Å². The molecule has 4 rings (SSSR count). The number of nitrogens with zero attached hydrogens (tertiary/aromatic N) is 4. The van der Waals surface area contributed by atoms with E-state index in [1.807, 2.05) is 24.3 Å². The fourth-order valence-electron chi connectivity index (χ4n) is 3.70. The van der Waals surface area contributed by atoms with Gasteiger partial charge in [0.2, 0.25) is 0 Å². The standard InChI is InChI=1S/C19H23N5O2/c1-3-24-10-6-7-13(24)11-20-18-16-17(23-26-19(16)22-12-21-18)14-8-4-5-9-15(14)25-2/h4-5,8-9,12-13H,3,6-7,10-11H2,1-2H3,(H,20,21,22)/t13-/m0/s1. The number of hydrogen-bond acceptors (Lipinski definition) is 7. The van der Waals surface area contributed by atoms with Crippen molar-refractivity contribution in [3.05, 3.63) is 30.6 Å². The molecule has 7 heteroatoms. The molecule has 0 amide bonds. The zero-order valence-electron chi connectivity index (χ0n) is 15.1. The molecule has 1 saturated heterocycles. The van der Waals surface area contributed by atoms with Crippen LogP contribution in [-0.2, 0) is 0 Å². The second-order valence-electron chi connectivity index (χ2n) is 6.44. The Bertz CT molecular complexity index is 895. The summed E-state index contributed by atoms with van der Waals surface area (Å²) in [6.07, 6.45) is 3.96. The molecule has 0 unspecified atom stereocenters. The number of rotatable bonds is 6. The van der Waals surface area contributed by atoms with E-state index >= 15 is 0 Å². The lowest BCUT2D eigenvalue weighted by Gasteiger charge is -2.23. The summed E-state index contributed by atoms with van der Waals surface area (Å²) < 4.78 is 10.9. The Hall–Kier alpha value is -2.67. The number of benzene rings is 1. The molecule has 7 nitrogen and oxygen atoms in total. The van der Waals surface area contributed by atoms with Crippen LogP contribution in [0.4, 0.5) is 5.82 Å². The maximum Gasteiger partial charge on any atom is 0.263 e. The second-order valence-corrected chi connectivity index (χ2v) is 6.44. The number of anilines is 1. The van der Waals surface area contributed by atoms with Gasteiger partial charge in [-0.3, -0.25) is 4.90 Å². The predicted molar refractivity (Wildman–Crippen MR) is 100 cm³/mol. The molecule has 2 aromatic heterocycles. The molecule has 0 aliphatic carbocycles. The fraction of sp³-hybridized carbons (Fsp3) is 0.421. The van der Waals surface area contributed by atoms with Gasteiger partial charge in [0, 0.05) is 18.2 Å². The first-order valence-corrected chi connectivity index (χ1v) is 9.03.